The van der Waals surface area contributed by atoms with Crippen LogP contribution >= 0.6 is 11.3 Å². The summed E-state index contributed by atoms with van der Waals surface area (Å²) >= 11 is 1.75. The number of morpholine rings is 1. The third-order valence-electron chi connectivity index (χ3n) is 3.51. The number of benzene rings is 1. The molecule has 1 aliphatic rings. The molecular weight excluding hydrogens is 260 g/mol. The molecule has 1 aromatic carbocycles. The summed E-state index contributed by atoms with van der Waals surface area (Å²) in [5, 5.41) is 10.3. The zero-order chi connectivity index (χ0) is 13.2. The molecule has 0 saturated carbocycles. The van der Waals surface area contributed by atoms with Crippen LogP contribution in [0.5, 0.6) is 0 Å². The Balaban J connectivity index is 1.75. The highest BCUT2D eigenvalue weighted by Gasteiger charge is 2.26. The summed E-state index contributed by atoms with van der Waals surface area (Å²) in [7, 11) is 0. The predicted molar refractivity (Wildman–Crippen MR) is 76.3 cm³/mol. The smallest absolute Gasteiger partial charge is 0.108 e. The van der Waals surface area contributed by atoms with Crippen LogP contribution in [0, 0.1) is 0 Å². The number of aromatic nitrogens is 1. The number of aliphatic hydroxyl groups is 1. The maximum absolute atomic E-state index is 9.21. The number of hydrogen-bond acceptors (Lipinski definition) is 5. The first-order valence-corrected chi connectivity index (χ1v) is 7.39. The highest BCUT2D eigenvalue weighted by atomic mass is 32.1. The van der Waals surface area contributed by atoms with Gasteiger partial charge in [0, 0.05) is 12.6 Å². The summed E-state index contributed by atoms with van der Waals surface area (Å²) in [5.74, 6) is 0. The molecule has 0 spiro atoms. The van der Waals surface area contributed by atoms with E-state index in [0.717, 1.165) is 23.6 Å². The number of nitrogens with zero attached hydrogens (tertiary/aromatic N) is 2. The van der Waals surface area contributed by atoms with Gasteiger partial charge in [0.25, 0.3) is 0 Å². The van der Waals surface area contributed by atoms with Crippen molar-refractivity contribution < 1.29 is 9.84 Å². The summed E-state index contributed by atoms with van der Waals surface area (Å²) in [5.41, 5.74) is 1.07. The van der Waals surface area contributed by atoms with Crippen molar-refractivity contribution in [1.82, 2.24) is 9.88 Å². The minimum Gasteiger partial charge on any atom is -0.394 e. The van der Waals surface area contributed by atoms with Gasteiger partial charge < -0.3 is 9.84 Å². The summed E-state index contributed by atoms with van der Waals surface area (Å²) in [4.78, 5) is 7.00. The quantitative estimate of drug-likeness (QED) is 0.931. The van der Waals surface area contributed by atoms with Crippen molar-refractivity contribution in [2.45, 2.75) is 25.6 Å². The third kappa shape index (κ3) is 2.79. The number of ether oxygens (including phenoxy) is 1. The van der Waals surface area contributed by atoms with Crippen molar-refractivity contribution in [1.29, 1.82) is 0 Å². The van der Waals surface area contributed by atoms with E-state index in [0.29, 0.717) is 12.6 Å². The maximum atomic E-state index is 9.21. The van der Waals surface area contributed by atoms with Gasteiger partial charge in [0.2, 0.25) is 0 Å². The highest BCUT2D eigenvalue weighted by Crippen LogP contribution is 2.24. The molecule has 19 heavy (non-hydrogen) atoms. The van der Waals surface area contributed by atoms with Gasteiger partial charge in [-0.2, -0.15) is 0 Å². The molecule has 2 atom stereocenters. The van der Waals surface area contributed by atoms with E-state index in [-0.39, 0.29) is 12.7 Å². The molecule has 1 N–H and O–H groups in total. The molecule has 1 fully saturated rings. The number of hydrogen-bond donors (Lipinski definition) is 1. The molecule has 1 aliphatic heterocycles. The zero-order valence-corrected chi connectivity index (χ0v) is 11.8. The molecule has 3 rings (SSSR count). The zero-order valence-electron chi connectivity index (χ0n) is 11.0. The molecule has 2 aromatic rings. The number of rotatable bonds is 3. The molecule has 2 heterocycles. The average Bonchev–Trinajstić information content (AvgIpc) is 2.83. The van der Waals surface area contributed by atoms with Crippen LogP contribution in [-0.2, 0) is 11.3 Å². The first-order valence-electron chi connectivity index (χ1n) is 6.57. The van der Waals surface area contributed by atoms with E-state index in [1.807, 2.05) is 12.1 Å². The summed E-state index contributed by atoms with van der Waals surface area (Å²) in [6.07, 6.45) is -0.0643. The fourth-order valence-electron chi connectivity index (χ4n) is 2.37. The molecule has 0 aliphatic carbocycles. The lowest BCUT2D eigenvalue weighted by molar-refractivity contribution is -0.0805. The van der Waals surface area contributed by atoms with Crippen LogP contribution in [0.3, 0.4) is 0 Å². The molecular formula is C14H18N2O2S. The fourth-order valence-corrected chi connectivity index (χ4v) is 3.36. The summed E-state index contributed by atoms with van der Waals surface area (Å²) in [6.45, 7) is 4.52. The van der Waals surface area contributed by atoms with Gasteiger partial charge in [0.1, 0.15) is 5.01 Å². The van der Waals surface area contributed by atoms with Crippen molar-refractivity contribution in [2.75, 3.05) is 19.8 Å². The molecule has 0 amide bonds. The standard InChI is InChI=1S/C14H18N2O2S/c1-10-9-18-11(8-17)6-16(10)7-14-15-12-4-2-3-5-13(12)19-14/h2-5,10-11,17H,6-9H2,1H3. The van der Waals surface area contributed by atoms with Crippen molar-refractivity contribution in [3.63, 3.8) is 0 Å². The molecule has 0 radical (unpaired) electrons. The second-order valence-electron chi connectivity index (χ2n) is 4.99. The van der Waals surface area contributed by atoms with E-state index in [2.05, 4.69) is 28.9 Å². The monoisotopic (exact) mass is 278 g/mol. The lowest BCUT2D eigenvalue weighted by Crippen LogP contribution is -2.48. The van der Waals surface area contributed by atoms with Crippen LogP contribution in [0.25, 0.3) is 10.2 Å². The van der Waals surface area contributed by atoms with Crippen molar-refractivity contribution in [3.8, 4) is 0 Å². The molecule has 2 unspecified atom stereocenters. The lowest BCUT2D eigenvalue weighted by atomic mass is 10.2. The molecule has 1 aromatic heterocycles. The first kappa shape index (κ1) is 13.0. The number of aliphatic hydroxyl groups excluding tert-OH is 1. The Morgan fingerprint density at radius 3 is 3.11 bits per heavy atom. The van der Waals surface area contributed by atoms with Crippen molar-refractivity contribution in [3.05, 3.63) is 29.3 Å². The molecule has 4 nitrogen and oxygen atoms in total. The molecule has 102 valence electrons. The Labute approximate surface area is 116 Å². The Morgan fingerprint density at radius 2 is 2.32 bits per heavy atom. The van der Waals surface area contributed by atoms with E-state index in [1.54, 1.807) is 11.3 Å². The van der Waals surface area contributed by atoms with Crippen LogP contribution in [-0.4, -0.2) is 46.9 Å². The van der Waals surface area contributed by atoms with E-state index >= 15 is 0 Å². The normalized spacial score (nSPS) is 24.9. The van der Waals surface area contributed by atoms with Crippen LogP contribution in [0.15, 0.2) is 24.3 Å². The second kappa shape index (κ2) is 5.54. The number of para-hydroxylation sites is 1. The summed E-state index contributed by atoms with van der Waals surface area (Å²) < 4.78 is 6.79. The van der Waals surface area contributed by atoms with E-state index in [9.17, 15) is 5.11 Å². The third-order valence-corrected chi connectivity index (χ3v) is 4.54. The van der Waals surface area contributed by atoms with Gasteiger partial charge >= 0.3 is 0 Å². The minimum atomic E-state index is -0.0643. The van der Waals surface area contributed by atoms with Gasteiger partial charge in [-0.1, -0.05) is 12.1 Å². The lowest BCUT2D eigenvalue weighted by Gasteiger charge is -2.36. The van der Waals surface area contributed by atoms with Crippen LogP contribution in [0.4, 0.5) is 0 Å². The summed E-state index contributed by atoms with van der Waals surface area (Å²) in [6, 6.07) is 8.59. The SMILES string of the molecule is CC1COC(CO)CN1Cc1nc2ccccc2s1. The van der Waals surface area contributed by atoms with E-state index in [1.165, 1.54) is 4.70 Å². The second-order valence-corrected chi connectivity index (χ2v) is 6.11. The van der Waals surface area contributed by atoms with Gasteiger partial charge in [-0.25, -0.2) is 4.98 Å². The van der Waals surface area contributed by atoms with Gasteiger partial charge in [0.05, 0.1) is 36.1 Å². The van der Waals surface area contributed by atoms with Gasteiger partial charge in [-0.15, -0.1) is 11.3 Å². The van der Waals surface area contributed by atoms with Crippen molar-refractivity contribution >= 4 is 21.6 Å². The Kier molecular flexibility index (Phi) is 3.79. The highest BCUT2D eigenvalue weighted by molar-refractivity contribution is 7.18. The van der Waals surface area contributed by atoms with Crippen LogP contribution in [0.1, 0.15) is 11.9 Å². The van der Waals surface area contributed by atoms with E-state index < -0.39 is 0 Å². The predicted octanol–water partition coefficient (Wildman–Crippen LogP) is 1.88. The number of thiazole rings is 1. The molecule has 0 bridgehead atoms. The van der Waals surface area contributed by atoms with Gasteiger partial charge in [-0.3, -0.25) is 4.90 Å². The number of fused-ring (bicyclic) bond motifs is 1. The maximum Gasteiger partial charge on any atom is 0.108 e. The molecule has 5 heteroatoms. The fraction of sp³-hybridized carbons (Fsp3) is 0.500. The Morgan fingerprint density at radius 1 is 1.47 bits per heavy atom. The van der Waals surface area contributed by atoms with Crippen molar-refractivity contribution in [2.24, 2.45) is 0 Å². The van der Waals surface area contributed by atoms with Crippen LogP contribution in [0.2, 0.25) is 0 Å². The minimum absolute atomic E-state index is 0.0643. The largest absolute Gasteiger partial charge is 0.394 e. The first-order chi connectivity index (χ1) is 9.26. The Bertz CT molecular complexity index is 524. The topological polar surface area (TPSA) is 45.6 Å². The van der Waals surface area contributed by atoms with Gasteiger partial charge in [-0.05, 0) is 19.1 Å². The Hall–Kier alpha value is -1.01. The van der Waals surface area contributed by atoms with Crippen LogP contribution < -0.4 is 0 Å². The molecule has 1 saturated heterocycles. The average molecular weight is 278 g/mol. The van der Waals surface area contributed by atoms with E-state index in [4.69, 9.17) is 4.74 Å². The van der Waals surface area contributed by atoms with Gasteiger partial charge in [0.15, 0.2) is 0 Å².